The highest BCUT2D eigenvalue weighted by atomic mass is 16.8. The number of aliphatic hydroxyl groups excluding tert-OH is 9. The van der Waals surface area contributed by atoms with Gasteiger partial charge in [-0.15, -0.1) is 0 Å². The molecule has 20 heteroatoms. The maximum Gasteiger partial charge on any atom is 0.317 e. The number of ether oxygens (including phenoxy) is 7. The predicted octanol–water partition coefficient (Wildman–Crippen LogP) is 0.412. The second-order valence-corrected chi connectivity index (χ2v) is 23.6. The number of carboxylic acid groups (broad SMARTS) is 1. The number of hydrogen-bond acceptors (Lipinski definition) is 19. The molecule has 0 spiro atoms. The Morgan fingerprint density at radius 1 is 0.667 bits per heavy atom. The van der Waals surface area contributed by atoms with Gasteiger partial charge in [-0.1, -0.05) is 46.3 Å². The second kappa shape index (κ2) is 18.2. The molecule has 10 N–H and O–H groups in total. The molecule has 3 heterocycles. The first-order valence-corrected chi connectivity index (χ1v) is 24.7. The Labute approximate surface area is 402 Å². The van der Waals surface area contributed by atoms with E-state index < -0.39 is 168 Å². The van der Waals surface area contributed by atoms with Crippen LogP contribution in [0.1, 0.15) is 114 Å². The van der Waals surface area contributed by atoms with Crippen molar-refractivity contribution < 1.29 is 98.6 Å². The predicted molar refractivity (Wildman–Crippen MR) is 236 cm³/mol. The van der Waals surface area contributed by atoms with Crippen molar-refractivity contribution in [2.75, 3.05) is 6.61 Å². The molecule has 0 bridgehead atoms. The highest BCUT2D eigenvalue weighted by molar-refractivity contribution is 5.80. The fourth-order valence-corrected chi connectivity index (χ4v) is 15.1. The number of rotatable bonds is 8. The zero-order valence-electron chi connectivity index (χ0n) is 41.0. The molecule has 392 valence electrons. The third-order valence-corrected chi connectivity index (χ3v) is 19.2. The molecule has 5 aliphatic carbocycles. The summed E-state index contributed by atoms with van der Waals surface area (Å²) in [4.78, 5) is 41.2. The van der Waals surface area contributed by atoms with E-state index in [1.165, 1.54) is 20.8 Å². The lowest BCUT2D eigenvalue weighted by atomic mass is 9.33. The standard InChI is InChI=1S/C49H76O20/c1-20-30(54)32(56)34(58)40(64-20)68-37-36(67-39-33(57)31(55)26(52)19-63-39)35(66-22(3)50)21(2)65-41(37)69-43(62)49-15-14-44(4,5)16-24(49)23-10-11-27-45(6)17-25(51)38(59)48(9,42(60)61)28(45)12-13-46(27,7)47(23,8)18-29(49)53/h10,20-21,24-41,51-59H,11-19H2,1-9H3,(H,60,61)/t20-,21+,24-,25-,26+,27+,28+,29+,30-,31-,32+,33+,34+,35-,36-,37+,38-,39-,40-,41-,45+,46+,47+,48-,49+/m0/s1. The SMILES string of the molecule is CC(=O)O[C@@H]1[C@H](O[C@@H]2OC[C@@H](O)[C@H](O)[C@H]2O)[C@@H](O[C@@H]2O[C@@H](C)[C@H](O)[C@@H](O)[C@H]2O)[C@H](OC(=O)[C@]23CCC(C)(C)C[C@H]2C2=CC[C@@H]4[C@@]5(C)C[C@H](O)[C@H](O)[C@@](C)(C(=O)O)[C@@H]5CC[C@@]4(C)[C@]2(C)C[C@H]3O)O[C@@H]1C. The lowest BCUT2D eigenvalue weighted by molar-refractivity contribution is -0.380. The third-order valence-electron chi connectivity index (χ3n) is 19.2. The normalized spacial score (nSPS) is 53.8. The summed E-state index contributed by atoms with van der Waals surface area (Å²) >= 11 is 0. The van der Waals surface area contributed by atoms with Crippen LogP contribution in [0.5, 0.6) is 0 Å². The number of esters is 2. The van der Waals surface area contributed by atoms with Gasteiger partial charge >= 0.3 is 17.9 Å². The highest BCUT2D eigenvalue weighted by Crippen LogP contribution is 2.76. The Morgan fingerprint density at radius 2 is 1.30 bits per heavy atom. The molecule has 8 aliphatic rings. The molecule has 0 radical (unpaired) electrons. The first-order chi connectivity index (χ1) is 32.0. The van der Waals surface area contributed by atoms with Crippen molar-refractivity contribution in [1.82, 2.24) is 0 Å². The maximum absolute atomic E-state index is 15.6. The molecule has 3 aliphatic heterocycles. The van der Waals surface area contributed by atoms with E-state index in [0.717, 1.165) is 12.5 Å². The van der Waals surface area contributed by atoms with Crippen LogP contribution >= 0.6 is 0 Å². The first kappa shape index (κ1) is 52.9. The first-order valence-electron chi connectivity index (χ1n) is 24.7. The fourth-order valence-electron chi connectivity index (χ4n) is 15.1. The lowest BCUT2D eigenvalue weighted by Crippen LogP contribution is -2.70. The molecule has 4 saturated carbocycles. The molecule has 20 nitrogen and oxygen atoms in total. The Bertz CT molecular complexity index is 2000. The van der Waals surface area contributed by atoms with E-state index in [0.29, 0.717) is 32.1 Å². The van der Waals surface area contributed by atoms with Gasteiger partial charge in [0.2, 0.25) is 6.29 Å². The molecule has 3 saturated heterocycles. The summed E-state index contributed by atoms with van der Waals surface area (Å²) in [5.74, 6) is -4.03. The van der Waals surface area contributed by atoms with Gasteiger partial charge in [0.1, 0.15) is 48.1 Å². The quantitative estimate of drug-likeness (QED) is 0.116. The van der Waals surface area contributed by atoms with Crippen molar-refractivity contribution in [2.24, 2.45) is 50.2 Å². The van der Waals surface area contributed by atoms with Gasteiger partial charge in [0, 0.05) is 6.92 Å². The van der Waals surface area contributed by atoms with Gasteiger partial charge in [-0.25, -0.2) is 0 Å². The topological polar surface area (TPSA) is 318 Å². The summed E-state index contributed by atoms with van der Waals surface area (Å²) in [5, 5.41) is 110. The summed E-state index contributed by atoms with van der Waals surface area (Å²) in [5.41, 5.74) is -4.54. The molecule has 0 aromatic rings. The van der Waals surface area contributed by atoms with Gasteiger partial charge in [0.25, 0.3) is 0 Å². The van der Waals surface area contributed by atoms with Crippen LogP contribution in [-0.2, 0) is 47.5 Å². The van der Waals surface area contributed by atoms with Crippen molar-refractivity contribution in [3.63, 3.8) is 0 Å². The molecule has 69 heavy (non-hydrogen) atoms. The van der Waals surface area contributed by atoms with Crippen LogP contribution in [0.15, 0.2) is 11.6 Å². The molecule has 0 aromatic carbocycles. The minimum absolute atomic E-state index is 0.118. The minimum atomic E-state index is -1.89. The highest BCUT2D eigenvalue weighted by Gasteiger charge is 2.74. The van der Waals surface area contributed by atoms with Gasteiger partial charge in [-0.05, 0) is 112 Å². The zero-order chi connectivity index (χ0) is 50.9. The van der Waals surface area contributed by atoms with E-state index in [2.05, 4.69) is 33.8 Å². The average molecular weight is 985 g/mol. The van der Waals surface area contributed by atoms with Gasteiger partial charge in [0.05, 0.1) is 42.5 Å². The van der Waals surface area contributed by atoms with Crippen molar-refractivity contribution in [3.8, 4) is 0 Å². The van der Waals surface area contributed by atoms with Crippen LogP contribution in [0.4, 0.5) is 0 Å². The summed E-state index contributed by atoms with van der Waals surface area (Å²) < 4.78 is 42.5. The molecular formula is C49H76O20. The summed E-state index contributed by atoms with van der Waals surface area (Å²) in [7, 11) is 0. The zero-order valence-corrected chi connectivity index (χ0v) is 41.0. The molecule has 25 atom stereocenters. The maximum atomic E-state index is 15.6. The monoisotopic (exact) mass is 984 g/mol. The van der Waals surface area contributed by atoms with E-state index in [4.69, 9.17) is 33.2 Å². The summed E-state index contributed by atoms with van der Waals surface area (Å²) in [6.07, 6.45) is -21.4. The minimum Gasteiger partial charge on any atom is -0.481 e. The number of hydrogen-bond donors (Lipinski definition) is 10. The number of carbonyl (C=O) groups is 3. The van der Waals surface area contributed by atoms with Crippen LogP contribution in [0.2, 0.25) is 0 Å². The number of aliphatic hydroxyl groups is 9. The van der Waals surface area contributed by atoms with Crippen molar-refractivity contribution in [3.05, 3.63) is 11.6 Å². The molecular weight excluding hydrogens is 909 g/mol. The van der Waals surface area contributed by atoms with Gasteiger partial charge < -0.3 is 84.2 Å². The lowest BCUT2D eigenvalue weighted by Gasteiger charge is -2.71. The number of fused-ring (bicyclic) bond motifs is 7. The van der Waals surface area contributed by atoms with E-state index >= 15 is 4.79 Å². The van der Waals surface area contributed by atoms with Gasteiger partial charge in [-0.3, -0.25) is 14.4 Å². The number of aliphatic carboxylic acids is 1. The number of carboxylic acids is 1. The Morgan fingerprint density at radius 3 is 1.96 bits per heavy atom. The van der Waals surface area contributed by atoms with E-state index in [1.54, 1.807) is 0 Å². The fraction of sp³-hybridized carbons (Fsp3) is 0.898. The smallest absolute Gasteiger partial charge is 0.317 e. The van der Waals surface area contributed by atoms with E-state index in [9.17, 15) is 60.7 Å². The Hall–Kier alpha value is -2.41. The molecule has 0 unspecified atom stereocenters. The van der Waals surface area contributed by atoms with Crippen molar-refractivity contribution in [1.29, 1.82) is 0 Å². The number of carbonyl (C=O) groups excluding carboxylic acids is 2. The van der Waals surface area contributed by atoms with Gasteiger partial charge in [0.15, 0.2) is 24.8 Å². The number of allylic oxidation sites excluding steroid dienone is 2. The van der Waals surface area contributed by atoms with Crippen LogP contribution in [-0.4, -0.2) is 180 Å². The summed E-state index contributed by atoms with van der Waals surface area (Å²) in [6, 6.07) is 0. The summed E-state index contributed by atoms with van der Waals surface area (Å²) in [6.45, 7) is 15.6. The van der Waals surface area contributed by atoms with Crippen molar-refractivity contribution >= 4 is 17.9 Å². The Balaban J connectivity index is 1.18. The second-order valence-electron chi connectivity index (χ2n) is 23.6. The van der Waals surface area contributed by atoms with Crippen LogP contribution in [0.25, 0.3) is 0 Å². The van der Waals surface area contributed by atoms with E-state index in [-0.39, 0.29) is 30.6 Å². The van der Waals surface area contributed by atoms with Gasteiger partial charge in [-0.2, -0.15) is 0 Å². The Kier molecular flexibility index (Phi) is 14.0. The van der Waals surface area contributed by atoms with Crippen LogP contribution in [0.3, 0.4) is 0 Å². The average Bonchev–Trinajstić information content (AvgIpc) is 3.26. The van der Waals surface area contributed by atoms with E-state index in [1.807, 2.05) is 6.92 Å². The molecule has 8 rings (SSSR count). The largest absolute Gasteiger partial charge is 0.481 e. The molecule has 0 aromatic heterocycles. The van der Waals surface area contributed by atoms with Crippen LogP contribution < -0.4 is 0 Å². The third kappa shape index (κ3) is 8.13. The van der Waals surface area contributed by atoms with Crippen LogP contribution in [0, 0.1) is 50.2 Å². The molecule has 0 amide bonds. The van der Waals surface area contributed by atoms with Crippen molar-refractivity contribution in [2.45, 2.75) is 218 Å². The molecule has 7 fully saturated rings.